The van der Waals surface area contributed by atoms with Crippen molar-refractivity contribution < 1.29 is 9.84 Å². The predicted octanol–water partition coefficient (Wildman–Crippen LogP) is 2.20. The van der Waals surface area contributed by atoms with E-state index in [4.69, 9.17) is 9.84 Å². The van der Waals surface area contributed by atoms with E-state index >= 15 is 0 Å². The van der Waals surface area contributed by atoms with Crippen molar-refractivity contribution >= 4 is 23.1 Å². The molecule has 0 heterocycles. The van der Waals surface area contributed by atoms with Crippen LogP contribution in [0.2, 0.25) is 0 Å². The smallest absolute Gasteiger partial charge is 0.550 e. The zero-order valence-corrected chi connectivity index (χ0v) is 10.5. The van der Waals surface area contributed by atoms with Crippen LogP contribution in [0.1, 0.15) is 39.5 Å². The predicted molar refractivity (Wildman–Crippen MR) is 58.3 cm³/mol. The number of ether oxygens (including phenoxy) is 1. The van der Waals surface area contributed by atoms with Gasteiger partial charge in [-0.3, -0.25) is 0 Å². The second kappa shape index (κ2) is 23.0. The fourth-order valence-electron chi connectivity index (χ4n) is 0.364. The van der Waals surface area contributed by atoms with Gasteiger partial charge in [0.2, 0.25) is 0 Å². The van der Waals surface area contributed by atoms with Crippen molar-refractivity contribution in [1.82, 2.24) is 0 Å². The summed E-state index contributed by atoms with van der Waals surface area (Å²) in [6.07, 6.45) is 4.48. The average molecular weight is 199 g/mol. The van der Waals surface area contributed by atoms with Gasteiger partial charge in [-0.2, -0.15) is 13.0 Å². The van der Waals surface area contributed by atoms with Crippen molar-refractivity contribution in [2.75, 3.05) is 13.2 Å². The summed E-state index contributed by atoms with van der Waals surface area (Å²) in [5.74, 6) is 0. The molecule has 1 N–H and O–H groups in total. The van der Waals surface area contributed by atoms with Crippen molar-refractivity contribution in [1.29, 1.82) is 0 Å². The van der Waals surface area contributed by atoms with E-state index in [0.29, 0.717) is 0 Å². The number of rotatable bonds is 6. The summed E-state index contributed by atoms with van der Waals surface area (Å²) in [5.41, 5.74) is 0. The largest absolute Gasteiger partial charge is 2.00 e. The van der Waals surface area contributed by atoms with Gasteiger partial charge in [-0.1, -0.05) is 33.3 Å². The second-order valence-corrected chi connectivity index (χ2v) is 2.43. The van der Waals surface area contributed by atoms with Crippen LogP contribution in [-0.2, 0) is 4.74 Å². The molecule has 2 nitrogen and oxygen atoms in total. The molecule has 0 rings (SSSR count). The average Bonchev–Trinajstić information content (AvgIpc) is 2.13. The molecule has 0 spiro atoms. The first kappa shape index (κ1) is 19.3. The number of hydrogen-bond acceptors (Lipinski definition) is 2. The number of hydrogen-bond donors (Lipinski definition) is 1. The van der Waals surface area contributed by atoms with Crippen molar-refractivity contribution in [3.05, 3.63) is 13.5 Å². The summed E-state index contributed by atoms with van der Waals surface area (Å²) in [6.45, 7) is 9.98. The van der Waals surface area contributed by atoms with E-state index in [9.17, 15) is 0 Å². The zero-order valence-electron chi connectivity index (χ0n) is 9.09. The summed E-state index contributed by atoms with van der Waals surface area (Å²) in [7, 11) is 0. The van der Waals surface area contributed by atoms with Crippen LogP contribution < -0.4 is 0 Å². The zero-order chi connectivity index (χ0) is 9.66. The molecule has 0 fully saturated rings. The van der Waals surface area contributed by atoms with E-state index in [1.165, 1.54) is 13.0 Å². The normalized spacial score (nSPS) is 8.31. The van der Waals surface area contributed by atoms with Crippen LogP contribution >= 0.6 is 0 Å². The van der Waals surface area contributed by atoms with Crippen LogP contribution in [0.3, 0.4) is 0 Å². The van der Waals surface area contributed by atoms with Crippen LogP contribution in [0.5, 0.6) is 0 Å². The molecule has 0 saturated heterocycles. The Morgan fingerprint density at radius 3 is 2.15 bits per heavy atom. The molecule has 3 heteroatoms. The molecule has 0 aliphatic rings. The van der Waals surface area contributed by atoms with Crippen molar-refractivity contribution in [3.8, 4) is 0 Å². The molecule has 0 atom stereocenters. The van der Waals surface area contributed by atoms with Gasteiger partial charge in [0.25, 0.3) is 0 Å². The van der Waals surface area contributed by atoms with Crippen LogP contribution in [0.4, 0.5) is 0 Å². The number of aliphatic hydroxyl groups is 1. The molecule has 0 aromatic heterocycles. The maximum absolute atomic E-state index is 8.19. The first-order chi connectivity index (χ1) is 5.83. The minimum atomic E-state index is 0. The summed E-state index contributed by atoms with van der Waals surface area (Å²) in [6, 6.07) is 0. The first-order valence-electron chi connectivity index (χ1n) is 4.66. The Kier molecular flexibility index (Phi) is 34.1. The van der Waals surface area contributed by atoms with Crippen LogP contribution in [0.15, 0.2) is 0 Å². The minimum Gasteiger partial charge on any atom is -0.550 e. The number of aliphatic hydroxyl groups excluding tert-OH is 1. The Hall–Kier alpha value is 0.686. The van der Waals surface area contributed by atoms with Gasteiger partial charge < -0.3 is 16.8 Å². The van der Waals surface area contributed by atoms with Crippen molar-refractivity contribution in [2.24, 2.45) is 0 Å². The van der Waals surface area contributed by atoms with Crippen LogP contribution in [0.25, 0.3) is 0 Å². The van der Waals surface area contributed by atoms with E-state index in [0.717, 1.165) is 25.9 Å². The van der Waals surface area contributed by atoms with E-state index in [1.807, 2.05) is 0 Å². The van der Waals surface area contributed by atoms with Gasteiger partial charge in [-0.25, -0.2) is 0 Å². The summed E-state index contributed by atoms with van der Waals surface area (Å²) in [5, 5.41) is 8.19. The maximum Gasteiger partial charge on any atom is 2.00 e. The fourth-order valence-corrected chi connectivity index (χ4v) is 0.364. The summed E-state index contributed by atoms with van der Waals surface area (Å²) < 4.78 is 4.85. The Morgan fingerprint density at radius 1 is 1.31 bits per heavy atom. The van der Waals surface area contributed by atoms with E-state index in [2.05, 4.69) is 20.8 Å². The van der Waals surface area contributed by atoms with Crippen molar-refractivity contribution in [2.45, 2.75) is 39.5 Å². The molecule has 0 unspecified atom stereocenters. The standard InChI is InChI=1S/C6H13O2.C4H9.Mg/c1-2-3-5-8-6-4-7;1-3-4-2;/h6-7H,2-5H2,1H3;1,3-4H2,2H3;/q2*-1;+2. The van der Waals surface area contributed by atoms with Gasteiger partial charge in [0.15, 0.2) is 0 Å². The molecule has 0 radical (unpaired) electrons. The van der Waals surface area contributed by atoms with Gasteiger partial charge in [0, 0.05) is 6.61 Å². The quantitative estimate of drug-likeness (QED) is 0.403. The molecule has 0 aliphatic heterocycles. The van der Waals surface area contributed by atoms with Crippen molar-refractivity contribution in [3.63, 3.8) is 0 Å². The number of unbranched alkanes of at least 4 members (excludes halogenated alkanes) is 2. The van der Waals surface area contributed by atoms with Gasteiger partial charge >= 0.3 is 23.1 Å². The molecule has 0 aromatic rings. The Labute approximate surface area is 99.2 Å². The van der Waals surface area contributed by atoms with E-state index in [1.54, 1.807) is 0 Å². The topological polar surface area (TPSA) is 29.5 Å². The third kappa shape index (κ3) is 32.4. The Balaban J connectivity index is -0.000000173. The molecule has 76 valence electrons. The molecule has 0 saturated carbocycles. The van der Waals surface area contributed by atoms with Crippen LogP contribution in [0, 0.1) is 13.5 Å². The fraction of sp³-hybridized carbons (Fsp3) is 0.800. The minimum absolute atomic E-state index is 0. The van der Waals surface area contributed by atoms with Gasteiger partial charge in [-0.05, 0) is 6.42 Å². The third-order valence-electron chi connectivity index (χ3n) is 1.16. The second-order valence-electron chi connectivity index (χ2n) is 2.43. The Bertz CT molecular complexity index is 52.9. The molecule has 0 aliphatic carbocycles. The Morgan fingerprint density at radius 2 is 1.85 bits per heavy atom. The van der Waals surface area contributed by atoms with E-state index in [-0.39, 0.29) is 29.7 Å². The molecule has 0 bridgehead atoms. The van der Waals surface area contributed by atoms with Gasteiger partial charge in [0.05, 0.1) is 0 Å². The monoisotopic (exact) mass is 198 g/mol. The van der Waals surface area contributed by atoms with Gasteiger partial charge in [0.1, 0.15) is 0 Å². The van der Waals surface area contributed by atoms with Crippen LogP contribution in [-0.4, -0.2) is 41.4 Å². The van der Waals surface area contributed by atoms with Gasteiger partial charge in [-0.15, -0.1) is 0 Å². The molecule has 13 heavy (non-hydrogen) atoms. The van der Waals surface area contributed by atoms with E-state index < -0.39 is 0 Å². The molecule has 0 amide bonds. The summed E-state index contributed by atoms with van der Waals surface area (Å²) in [4.78, 5) is 0. The summed E-state index contributed by atoms with van der Waals surface area (Å²) >= 11 is 0. The molecule has 0 aromatic carbocycles. The SMILES string of the molecule is CCCCO[CH-]CO.[CH2-]CCC.[Mg+2]. The molecular weight excluding hydrogens is 176 g/mol. The maximum atomic E-state index is 8.19. The third-order valence-corrected chi connectivity index (χ3v) is 1.16. The first-order valence-corrected chi connectivity index (χ1v) is 4.66. The molecular formula is C10H22MgO2.